The summed E-state index contributed by atoms with van der Waals surface area (Å²) in [6.07, 6.45) is -1.28. The molecule has 1 aliphatic rings. The van der Waals surface area contributed by atoms with Crippen LogP contribution in [-0.4, -0.2) is 40.0 Å². The molecule has 0 radical (unpaired) electrons. The normalized spacial score (nSPS) is 14.5. The first-order valence-corrected chi connectivity index (χ1v) is 8.92. The van der Waals surface area contributed by atoms with E-state index in [4.69, 9.17) is 0 Å². The van der Waals surface area contributed by atoms with Crippen LogP contribution in [0.1, 0.15) is 5.56 Å². The second-order valence-corrected chi connectivity index (χ2v) is 6.82. The number of aromatic nitrogens is 3. The quantitative estimate of drug-likeness (QED) is 0.520. The lowest BCUT2D eigenvalue weighted by atomic mass is 10.1. The van der Waals surface area contributed by atoms with Crippen molar-refractivity contribution in [3.63, 3.8) is 0 Å². The lowest BCUT2D eigenvalue weighted by Gasteiger charge is -2.40. The molecular weight excluding hydrogens is 402 g/mol. The fraction of sp³-hybridized carbons (Fsp3) is 0.200. The predicted octanol–water partition coefficient (Wildman–Crippen LogP) is 3.50. The van der Waals surface area contributed by atoms with Crippen LogP contribution in [0.5, 0.6) is 0 Å². The second kappa shape index (κ2) is 7.36. The Bertz CT molecular complexity index is 1120. The molecule has 6 nitrogen and oxygen atoms in total. The van der Waals surface area contributed by atoms with Crippen LogP contribution in [0.2, 0.25) is 0 Å². The van der Waals surface area contributed by atoms with Gasteiger partial charge in [0.2, 0.25) is 0 Å². The van der Waals surface area contributed by atoms with Crippen molar-refractivity contribution in [1.29, 1.82) is 0 Å². The number of hydrogen-bond donors (Lipinski definition) is 1. The fourth-order valence-corrected chi connectivity index (χ4v) is 3.14. The fourth-order valence-electron chi connectivity index (χ4n) is 3.14. The average Bonchev–Trinajstić information content (AvgIpc) is 2.69. The molecule has 0 saturated carbocycles. The molecular formula is C20H15F4N5O. The van der Waals surface area contributed by atoms with Crippen LogP contribution >= 0.6 is 0 Å². The van der Waals surface area contributed by atoms with Gasteiger partial charge in [0.1, 0.15) is 5.82 Å². The van der Waals surface area contributed by atoms with Crippen LogP contribution in [0.15, 0.2) is 55.1 Å². The first kappa shape index (κ1) is 19.7. The smallest absolute Gasteiger partial charge is 0.352 e. The Morgan fingerprint density at radius 2 is 1.83 bits per heavy atom. The summed E-state index contributed by atoms with van der Waals surface area (Å²) in [6, 6.07) is 6.01. The minimum Gasteiger partial charge on any atom is -0.352 e. The van der Waals surface area contributed by atoms with E-state index in [0.29, 0.717) is 35.4 Å². The number of hydrogen-bond acceptors (Lipinski definition) is 5. The highest BCUT2D eigenvalue weighted by Gasteiger charge is 2.32. The van der Waals surface area contributed by atoms with Crippen LogP contribution < -0.4 is 10.2 Å². The molecule has 10 heteroatoms. The van der Waals surface area contributed by atoms with E-state index in [1.165, 1.54) is 12.1 Å². The number of alkyl halides is 3. The van der Waals surface area contributed by atoms with E-state index in [9.17, 15) is 22.4 Å². The summed E-state index contributed by atoms with van der Waals surface area (Å²) < 4.78 is 51.3. The van der Waals surface area contributed by atoms with Crippen molar-refractivity contribution < 1.29 is 22.4 Å². The molecule has 0 aliphatic carbocycles. The van der Waals surface area contributed by atoms with Crippen LogP contribution in [0.25, 0.3) is 22.3 Å². The van der Waals surface area contributed by atoms with E-state index in [0.717, 1.165) is 12.1 Å². The van der Waals surface area contributed by atoms with Gasteiger partial charge in [0.05, 0.1) is 22.5 Å². The molecule has 3 aromatic rings. The van der Waals surface area contributed by atoms with Gasteiger partial charge in [0, 0.05) is 31.0 Å². The molecule has 30 heavy (non-hydrogen) atoms. The number of benzene rings is 1. The molecule has 3 heterocycles. The van der Waals surface area contributed by atoms with Crippen LogP contribution in [-0.2, 0) is 11.0 Å². The first-order chi connectivity index (χ1) is 14.2. The molecule has 1 saturated heterocycles. The average molecular weight is 417 g/mol. The predicted molar refractivity (Wildman–Crippen MR) is 102 cm³/mol. The third-order valence-electron chi connectivity index (χ3n) is 4.71. The van der Waals surface area contributed by atoms with Gasteiger partial charge in [-0.15, -0.1) is 0 Å². The molecule has 1 aromatic carbocycles. The van der Waals surface area contributed by atoms with Gasteiger partial charge < -0.3 is 10.2 Å². The number of rotatable bonds is 4. The van der Waals surface area contributed by atoms with Gasteiger partial charge in [-0.05, 0) is 18.2 Å². The first-order valence-electron chi connectivity index (χ1n) is 8.92. The zero-order valence-electron chi connectivity index (χ0n) is 15.4. The molecule has 0 spiro atoms. The molecule has 2 aromatic heterocycles. The Labute approximate surface area is 168 Å². The molecule has 0 unspecified atom stereocenters. The summed E-state index contributed by atoms with van der Waals surface area (Å²) in [5, 5.41) is 3.17. The highest BCUT2D eigenvalue weighted by molar-refractivity contribution is 5.92. The zero-order valence-corrected chi connectivity index (χ0v) is 15.4. The number of amides is 1. The summed E-state index contributed by atoms with van der Waals surface area (Å²) >= 11 is 0. The van der Waals surface area contributed by atoms with Gasteiger partial charge >= 0.3 is 6.18 Å². The highest BCUT2D eigenvalue weighted by Crippen LogP contribution is 2.32. The van der Waals surface area contributed by atoms with E-state index >= 15 is 0 Å². The maximum absolute atomic E-state index is 12.9. The summed E-state index contributed by atoms with van der Waals surface area (Å²) in [4.78, 5) is 26.3. The van der Waals surface area contributed by atoms with Crippen LogP contribution in [0.4, 0.5) is 23.4 Å². The highest BCUT2D eigenvalue weighted by atomic mass is 19.4. The standard InChI is InChI=1S/C20H15F4N5O/c1-11(21)19(30)26-14-9-29(10-14)18-15-8-25-7-6-16(15)27-17(28-18)12-2-4-13(5-3-12)20(22,23)24/h2-8,14H,1,9-10H2,(H,26,30). The number of halogens is 4. The van der Waals surface area contributed by atoms with Gasteiger partial charge in [0.25, 0.3) is 5.91 Å². The Morgan fingerprint density at radius 3 is 2.47 bits per heavy atom. The monoisotopic (exact) mass is 417 g/mol. The van der Waals surface area contributed by atoms with Gasteiger partial charge in [-0.25, -0.2) is 14.4 Å². The van der Waals surface area contributed by atoms with Crippen molar-refractivity contribution in [2.45, 2.75) is 12.2 Å². The van der Waals surface area contributed by atoms with E-state index in [1.807, 2.05) is 4.90 Å². The third-order valence-corrected chi connectivity index (χ3v) is 4.71. The van der Waals surface area contributed by atoms with Crippen LogP contribution in [0.3, 0.4) is 0 Å². The Morgan fingerprint density at radius 1 is 1.13 bits per heavy atom. The Hall–Kier alpha value is -3.56. The summed E-state index contributed by atoms with van der Waals surface area (Å²) in [5.74, 6) is -1.12. The SMILES string of the molecule is C=C(F)C(=O)NC1CN(c2nc(-c3ccc(C(F)(F)F)cc3)nc3ccncc23)C1. The van der Waals surface area contributed by atoms with Crippen LogP contribution in [0, 0.1) is 0 Å². The van der Waals surface area contributed by atoms with E-state index < -0.39 is 23.5 Å². The lowest BCUT2D eigenvalue weighted by molar-refractivity contribution is -0.137. The molecule has 1 aliphatic heterocycles. The molecule has 1 amide bonds. The minimum atomic E-state index is -4.43. The minimum absolute atomic E-state index is 0.266. The van der Waals surface area contributed by atoms with Crippen molar-refractivity contribution in [1.82, 2.24) is 20.3 Å². The molecule has 154 valence electrons. The van der Waals surface area contributed by atoms with Crippen molar-refractivity contribution in [3.05, 3.63) is 60.7 Å². The van der Waals surface area contributed by atoms with Gasteiger partial charge in [-0.2, -0.15) is 13.2 Å². The van der Waals surface area contributed by atoms with Gasteiger partial charge in [-0.3, -0.25) is 9.78 Å². The number of carbonyl (C=O) groups excluding carboxylic acids is 1. The van der Waals surface area contributed by atoms with Crippen molar-refractivity contribution in [2.24, 2.45) is 0 Å². The summed E-state index contributed by atoms with van der Waals surface area (Å²) in [7, 11) is 0. The van der Waals surface area contributed by atoms with Crippen molar-refractivity contribution in [2.75, 3.05) is 18.0 Å². The van der Waals surface area contributed by atoms with Crippen molar-refractivity contribution in [3.8, 4) is 11.4 Å². The topological polar surface area (TPSA) is 71.0 Å². The summed E-state index contributed by atoms with van der Waals surface area (Å²) in [5.41, 5.74) is 0.254. The molecule has 4 rings (SSSR count). The number of anilines is 1. The maximum Gasteiger partial charge on any atom is 0.416 e. The number of pyridine rings is 1. The largest absolute Gasteiger partial charge is 0.416 e. The van der Waals surface area contributed by atoms with E-state index in [2.05, 4.69) is 26.8 Å². The molecule has 0 atom stereocenters. The van der Waals surface area contributed by atoms with E-state index in [1.54, 1.807) is 18.5 Å². The number of carbonyl (C=O) groups is 1. The molecule has 1 fully saturated rings. The lowest BCUT2D eigenvalue weighted by Crippen LogP contribution is -2.59. The number of nitrogens with one attached hydrogen (secondary N) is 1. The Balaban J connectivity index is 1.64. The maximum atomic E-state index is 12.9. The Kier molecular flexibility index (Phi) is 4.84. The van der Waals surface area contributed by atoms with E-state index in [-0.39, 0.29) is 11.9 Å². The summed E-state index contributed by atoms with van der Waals surface area (Å²) in [6.45, 7) is 3.72. The number of nitrogens with zero attached hydrogens (tertiary/aromatic N) is 4. The molecule has 1 N–H and O–H groups in total. The van der Waals surface area contributed by atoms with Gasteiger partial charge in [0.15, 0.2) is 11.7 Å². The van der Waals surface area contributed by atoms with Crippen molar-refractivity contribution >= 4 is 22.6 Å². The second-order valence-electron chi connectivity index (χ2n) is 6.82. The molecule has 0 bridgehead atoms. The number of fused-ring (bicyclic) bond motifs is 1. The zero-order chi connectivity index (χ0) is 21.5. The van der Waals surface area contributed by atoms with Gasteiger partial charge in [-0.1, -0.05) is 18.7 Å². The third kappa shape index (κ3) is 3.80.